The second kappa shape index (κ2) is 8.37. The highest BCUT2D eigenvalue weighted by Gasteiger charge is 2.22. The zero-order valence-corrected chi connectivity index (χ0v) is 14.0. The summed E-state index contributed by atoms with van der Waals surface area (Å²) in [4.78, 5) is 24.1. The molecule has 0 spiro atoms. The van der Waals surface area contributed by atoms with Crippen LogP contribution in [0.4, 0.5) is 8.78 Å². The van der Waals surface area contributed by atoms with E-state index < -0.39 is 29.6 Å². The Hall–Kier alpha value is -2.76. The van der Waals surface area contributed by atoms with E-state index in [1.165, 1.54) is 13.2 Å². The number of aryl methyl sites for hydroxylation is 1. The summed E-state index contributed by atoms with van der Waals surface area (Å²) in [7, 11) is 1.23. The molecule has 0 saturated carbocycles. The van der Waals surface area contributed by atoms with Gasteiger partial charge in [-0.25, -0.2) is 13.6 Å². The van der Waals surface area contributed by atoms with Crippen molar-refractivity contribution in [3.63, 3.8) is 0 Å². The second-order valence-electron chi connectivity index (χ2n) is 5.75. The van der Waals surface area contributed by atoms with Crippen molar-refractivity contribution in [2.75, 3.05) is 7.11 Å². The fourth-order valence-electron chi connectivity index (χ4n) is 2.49. The smallest absolute Gasteiger partial charge is 0.328 e. The number of nitrogens with one attached hydrogen (secondary N) is 1. The maximum Gasteiger partial charge on any atom is 0.328 e. The summed E-state index contributed by atoms with van der Waals surface area (Å²) < 4.78 is 31.3. The molecule has 0 aliphatic heterocycles. The van der Waals surface area contributed by atoms with Gasteiger partial charge in [0.25, 0.3) is 0 Å². The number of amides is 1. The van der Waals surface area contributed by atoms with Crippen LogP contribution >= 0.6 is 0 Å². The molecule has 0 bridgehead atoms. The minimum Gasteiger partial charge on any atom is -0.467 e. The third kappa shape index (κ3) is 5.38. The van der Waals surface area contributed by atoms with E-state index in [4.69, 9.17) is 4.74 Å². The highest BCUT2D eigenvalue weighted by atomic mass is 19.1. The molecular formula is C19H19F2NO3. The van der Waals surface area contributed by atoms with Crippen molar-refractivity contribution in [1.82, 2.24) is 5.32 Å². The van der Waals surface area contributed by atoms with Gasteiger partial charge < -0.3 is 10.1 Å². The van der Waals surface area contributed by atoms with Crippen LogP contribution in [0.25, 0.3) is 0 Å². The van der Waals surface area contributed by atoms with Gasteiger partial charge in [0, 0.05) is 12.5 Å². The van der Waals surface area contributed by atoms with Gasteiger partial charge in [0.2, 0.25) is 5.91 Å². The predicted molar refractivity (Wildman–Crippen MR) is 88.9 cm³/mol. The molecular weight excluding hydrogens is 328 g/mol. The number of benzene rings is 2. The lowest BCUT2D eigenvalue weighted by Crippen LogP contribution is -2.43. The van der Waals surface area contributed by atoms with Crippen LogP contribution in [0.15, 0.2) is 42.5 Å². The summed E-state index contributed by atoms with van der Waals surface area (Å²) in [5.74, 6) is -2.65. The second-order valence-corrected chi connectivity index (χ2v) is 5.75. The number of halogens is 2. The Morgan fingerprint density at radius 3 is 2.56 bits per heavy atom. The van der Waals surface area contributed by atoms with Crippen molar-refractivity contribution in [2.24, 2.45) is 0 Å². The fraction of sp³-hybridized carbons (Fsp3) is 0.263. The fourth-order valence-corrected chi connectivity index (χ4v) is 2.49. The van der Waals surface area contributed by atoms with Gasteiger partial charge >= 0.3 is 5.97 Å². The first kappa shape index (κ1) is 18.6. The van der Waals surface area contributed by atoms with Gasteiger partial charge in [-0.3, -0.25) is 4.79 Å². The van der Waals surface area contributed by atoms with Gasteiger partial charge in [0.1, 0.15) is 17.7 Å². The molecule has 2 rings (SSSR count). The first-order chi connectivity index (χ1) is 11.9. The van der Waals surface area contributed by atoms with Crippen LogP contribution in [-0.2, 0) is 27.2 Å². The monoisotopic (exact) mass is 347 g/mol. The lowest BCUT2D eigenvalue weighted by molar-refractivity contribution is -0.145. The molecule has 6 heteroatoms. The molecule has 1 atom stereocenters. The van der Waals surface area contributed by atoms with Crippen LogP contribution in [0.3, 0.4) is 0 Å². The van der Waals surface area contributed by atoms with E-state index in [0.717, 1.165) is 17.2 Å². The number of esters is 1. The van der Waals surface area contributed by atoms with E-state index in [1.807, 2.05) is 31.2 Å². The van der Waals surface area contributed by atoms with Crippen LogP contribution in [0, 0.1) is 18.6 Å². The predicted octanol–water partition coefficient (Wildman–Crippen LogP) is 2.72. The van der Waals surface area contributed by atoms with Crippen molar-refractivity contribution in [1.29, 1.82) is 0 Å². The molecule has 0 unspecified atom stereocenters. The molecule has 2 aromatic carbocycles. The standard InChI is InChI=1S/C19H19F2NO3/c1-12-4-3-5-13(8-12)9-17(19(24)25-2)22-18(23)10-14-6-7-15(20)11-16(14)21/h3-8,11,17H,9-10H2,1-2H3,(H,22,23)/t17-/m0/s1. The van der Waals surface area contributed by atoms with Gasteiger partial charge in [-0.05, 0) is 24.1 Å². The normalized spacial score (nSPS) is 11.7. The molecule has 1 N–H and O–H groups in total. The van der Waals surface area contributed by atoms with E-state index in [2.05, 4.69) is 5.32 Å². The molecule has 1 amide bonds. The van der Waals surface area contributed by atoms with Crippen LogP contribution < -0.4 is 5.32 Å². The highest BCUT2D eigenvalue weighted by Crippen LogP contribution is 2.11. The number of methoxy groups -OCH3 is 1. The van der Waals surface area contributed by atoms with E-state index in [-0.39, 0.29) is 18.4 Å². The molecule has 0 aliphatic carbocycles. The Morgan fingerprint density at radius 1 is 1.16 bits per heavy atom. The topological polar surface area (TPSA) is 55.4 Å². The Kier molecular flexibility index (Phi) is 6.22. The van der Waals surface area contributed by atoms with E-state index in [9.17, 15) is 18.4 Å². The van der Waals surface area contributed by atoms with Crippen LogP contribution in [-0.4, -0.2) is 25.0 Å². The molecule has 132 valence electrons. The Labute approximate surface area is 144 Å². The summed E-state index contributed by atoms with van der Waals surface area (Å²) in [6.07, 6.45) is -0.0422. The highest BCUT2D eigenvalue weighted by molar-refractivity contribution is 5.85. The number of ether oxygens (including phenoxy) is 1. The number of hydrogen-bond acceptors (Lipinski definition) is 3. The van der Waals surface area contributed by atoms with Crippen LogP contribution in [0.2, 0.25) is 0 Å². The largest absolute Gasteiger partial charge is 0.467 e. The summed E-state index contributed by atoms with van der Waals surface area (Å²) >= 11 is 0. The van der Waals surface area contributed by atoms with Crippen molar-refractivity contribution in [3.8, 4) is 0 Å². The maximum absolute atomic E-state index is 13.7. The average molecular weight is 347 g/mol. The van der Waals surface area contributed by atoms with Crippen molar-refractivity contribution in [2.45, 2.75) is 25.8 Å². The first-order valence-corrected chi connectivity index (χ1v) is 7.75. The minimum absolute atomic E-state index is 0.0538. The summed E-state index contributed by atoms with van der Waals surface area (Å²) in [5.41, 5.74) is 1.95. The Morgan fingerprint density at radius 2 is 1.92 bits per heavy atom. The quantitative estimate of drug-likeness (QED) is 0.818. The van der Waals surface area contributed by atoms with Gasteiger partial charge in [-0.15, -0.1) is 0 Å². The third-order valence-electron chi connectivity index (χ3n) is 3.71. The Bertz CT molecular complexity index is 777. The van der Waals surface area contributed by atoms with Gasteiger partial charge in [-0.1, -0.05) is 35.9 Å². The first-order valence-electron chi connectivity index (χ1n) is 7.75. The lowest BCUT2D eigenvalue weighted by Gasteiger charge is -2.17. The SMILES string of the molecule is COC(=O)[C@H](Cc1cccc(C)c1)NC(=O)Cc1ccc(F)cc1F. The zero-order valence-electron chi connectivity index (χ0n) is 14.0. The van der Waals surface area contributed by atoms with Crippen LogP contribution in [0.1, 0.15) is 16.7 Å². The average Bonchev–Trinajstić information content (AvgIpc) is 2.56. The van der Waals surface area contributed by atoms with Crippen molar-refractivity contribution < 1.29 is 23.1 Å². The van der Waals surface area contributed by atoms with E-state index >= 15 is 0 Å². The van der Waals surface area contributed by atoms with Gasteiger partial charge in [0.05, 0.1) is 13.5 Å². The van der Waals surface area contributed by atoms with Gasteiger partial charge in [0.15, 0.2) is 0 Å². The molecule has 0 heterocycles. The maximum atomic E-state index is 13.7. The molecule has 25 heavy (non-hydrogen) atoms. The van der Waals surface area contributed by atoms with Crippen molar-refractivity contribution >= 4 is 11.9 Å². The lowest BCUT2D eigenvalue weighted by atomic mass is 10.0. The number of rotatable bonds is 6. The molecule has 0 fully saturated rings. The molecule has 0 aromatic heterocycles. The Balaban J connectivity index is 2.08. The summed E-state index contributed by atoms with van der Waals surface area (Å²) in [6, 6.07) is 9.64. The van der Waals surface area contributed by atoms with Crippen molar-refractivity contribution in [3.05, 3.63) is 70.8 Å². The number of hydrogen-bond donors (Lipinski definition) is 1. The molecule has 2 aromatic rings. The van der Waals surface area contributed by atoms with E-state index in [0.29, 0.717) is 6.07 Å². The molecule has 0 aliphatic rings. The molecule has 0 radical (unpaired) electrons. The van der Waals surface area contributed by atoms with Gasteiger partial charge in [-0.2, -0.15) is 0 Å². The minimum atomic E-state index is -0.886. The molecule has 0 saturated heterocycles. The number of carbonyl (C=O) groups excluding carboxylic acids is 2. The van der Waals surface area contributed by atoms with Crippen LogP contribution in [0.5, 0.6) is 0 Å². The summed E-state index contributed by atoms with van der Waals surface area (Å²) in [5, 5.41) is 2.55. The third-order valence-corrected chi connectivity index (χ3v) is 3.71. The molecule has 4 nitrogen and oxygen atoms in total. The number of carbonyl (C=O) groups is 2. The summed E-state index contributed by atoms with van der Waals surface area (Å²) in [6.45, 7) is 1.92. The van der Waals surface area contributed by atoms with E-state index in [1.54, 1.807) is 0 Å². The zero-order chi connectivity index (χ0) is 18.4.